The van der Waals surface area contributed by atoms with E-state index in [9.17, 15) is 8.42 Å². The molecule has 2 rings (SSSR count). The lowest BCUT2D eigenvalue weighted by Gasteiger charge is -2.17. The zero-order chi connectivity index (χ0) is 15.5. The van der Waals surface area contributed by atoms with Crippen LogP contribution in [0.3, 0.4) is 0 Å². The van der Waals surface area contributed by atoms with Crippen LogP contribution >= 0.6 is 23.2 Å². The van der Waals surface area contributed by atoms with Crippen LogP contribution in [0.15, 0.2) is 17.0 Å². The first-order valence-electron chi connectivity index (χ1n) is 7.14. The third kappa shape index (κ3) is 4.33. The molecule has 1 aliphatic carbocycles. The number of benzene rings is 1. The van der Waals surface area contributed by atoms with Crippen molar-refractivity contribution >= 4 is 33.2 Å². The van der Waals surface area contributed by atoms with Crippen molar-refractivity contribution in [1.82, 2.24) is 4.72 Å². The molecule has 0 unspecified atom stereocenters. The van der Waals surface area contributed by atoms with Crippen LogP contribution in [-0.2, 0) is 16.6 Å². The van der Waals surface area contributed by atoms with Crippen molar-refractivity contribution in [1.29, 1.82) is 0 Å². The number of halogens is 2. The van der Waals surface area contributed by atoms with Crippen molar-refractivity contribution < 1.29 is 8.42 Å². The Kier molecular flexibility index (Phi) is 5.91. The van der Waals surface area contributed by atoms with Crippen LogP contribution in [0.5, 0.6) is 0 Å². The molecule has 1 aromatic carbocycles. The van der Waals surface area contributed by atoms with Gasteiger partial charge in [-0.1, -0.05) is 48.9 Å². The third-order valence-electron chi connectivity index (χ3n) is 3.79. The smallest absolute Gasteiger partial charge is 0.242 e. The minimum atomic E-state index is -3.65. The van der Waals surface area contributed by atoms with E-state index in [1.807, 2.05) is 0 Å². The second-order valence-corrected chi connectivity index (χ2v) is 7.88. The zero-order valence-corrected chi connectivity index (χ0v) is 14.1. The summed E-state index contributed by atoms with van der Waals surface area (Å²) in [6.07, 6.45) is 6.17. The molecule has 0 spiro atoms. The van der Waals surface area contributed by atoms with Gasteiger partial charge in [0.25, 0.3) is 0 Å². The van der Waals surface area contributed by atoms with E-state index < -0.39 is 10.0 Å². The van der Waals surface area contributed by atoms with E-state index in [-0.39, 0.29) is 22.5 Å². The van der Waals surface area contributed by atoms with Crippen molar-refractivity contribution in [2.24, 2.45) is 5.73 Å². The number of nitrogens with two attached hydrogens (primary N) is 1. The summed E-state index contributed by atoms with van der Waals surface area (Å²) in [5.74, 6) is 0. The molecule has 21 heavy (non-hydrogen) atoms. The summed E-state index contributed by atoms with van der Waals surface area (Å²) in [5, 5.41) is 0.509. The molecule has 1 aliphatic rings. The van der Waals surface area contributed by atoms with Crippen LogP contribution in [0.25, 0.3) is 0 Å². The highest BCUT2D eigenvalue weighted by atomic mass is 35.5. The van der Waals surface area contributed by atoms with Crippen LogP contribution in [0.2, 0.25) is 10.0 Å². The van der Waals surface area contributed by atoms with Gasteiger partial charge in [-0.2, -0.15) is 0 Å². The molecule has 0 heterocycles. The Balaban J connectivity index is 2.26. The number of nitrogens with one attached hydrogen (secondary N) is 1. The Morgan fingerprint density at radius 1 is 1.10 bits per heavy atom. The maximum absolute atomic E-state index is 12.5. The highest BCUT2D eigenvalue weighted by Crippen LogP contribution is 2.29. The summed E-state index contributed by atoms with van der Waals surface area (Å²) in [4.78, 5) is 0.0539. The summed E-state index contributed by atoms with van der Waals surface area (Å²) < 4.78 is 27.8. The SMILES string of the molecule is NCc1cc(S(=O)(=O)NC2CCCCCC2)c(Cl)cc1Cl. The molecule has 1 saturated carbocycles. The second-order valence-electron chi connectivity index (χ2n) is 5.39. The zero-order valence-electron chi connectivity index (χ0n) is 11.7. The minimum Gasteiger partial charge on any atom is -0.326 e. The van der Waals surface area contributed by atoms with E-state index in [0.29, 0.717) is 10.6 Å². The Morgan fingerprint density at radius 3 is 2.29 bits per heavy atom. The van der Waals surface area contributed by atoms with Gasteiger partial charge in [-0.05, 0) is 30.5 Å². The van der Waals surface area contributed by atoms with Gasteiger partial charge in [0.2, 0.25) is 10.0 Å². The highest BCUT2D eigenvalue weighted by molar-refractivity contribution is 7.89. The highest BCUT2D eigenvalue weighted by Gasteiger charge is 2.24. The predicted molar refractivity (Wildman–Crippen MR) is 86.2 cm³/mol. The Bertz CT molecular complexity index is 597. The molecule has 0 aromatic heterocycles. The minimum absolute atomic E-state index is 0.0226. The van der Waals surface area contributed by atoms with Gasteiger partial charge in [-0.3, -0.25) is 0 Å². The predicted octanol–water partition coefficient (Wildman–Crippen LogP) is 3.45. The summed E-state index contributed by atoms with van der Waals surface area (Å²) in [5.41, 5.74) is 6.15. The monoisotopic (exact) mass is 350 g/mol. The van der Waals surface area contributed by atoms with E-state index in [1.165, 1.54) is 12.1 Å². The molecular formula is C14H20Cl2N2O2S. The largest absolute Gasteiger partial charge is 0.326 e. The lowest BCUT2D eigenvalue weighted by Crippen LogP contribution is -2.34. The molecule has 7 heteroatoms. The molecule has 0 bridgehead atoms. The van der Waals surface area contributed by atoms with Crippen LogP contribution in [0, 0.1) is 0 Å². The molecule has 0 amide bonds. The number of sulfonamides is 1. The maximum atomic E-state index is 12.5. The van der Waals surface area contributed by atoms with Gasteiger partial charge in [-0.25, -0.2) is 13.1 Å². The Hall–Kier alpha value is -0.330. The number of hydrogen-bond acceptors (Lipinski definition) is 3. The fourth-order valence-electron chi connectivity index (χ4n) is 2.61. The maximum Gasteiger partial charge on any atom is 0.242 e. The van der Waals surface area contributed by atoms with Gasteiger partial charge < -0.3 is 5.73 Å². The number of hydrogen-bond donors (Lipinski definition) is 2. The quantitative estimate of drug-likeness (QED) is 0.816. The van der Waals surface area contributed by atoms with Gasteiger partial charge >= 0.3 is 0 Å². The Morgan fingerprint density at radius 2 is 1.71 bits per heavy atom. The molecule has 0 atom stereocenters. The summed E-state index contributed by atoms with van der Waals surface area (Å²) in [6, 6.07) is 2.88. The van der Waals surface area contributed by atoms with Crippen LogP contribution in [0.4, 0.5) is 0 Å². The van der Waals surface area contributed by atoms with Crippen molar-refractivity contribution in [2.45, 2.75) is 56.0 Å². The standard InChI is InChI=1S/C14H20Cl2N2O2S/c15-12-8-13(16)14(7-10(12)9-17)21(19,20)18-11-5-3-1-2-4-6-11/h7-8,11,18H,1-6,9,17H2. The van der Waals surface area contributed by atoms with Crippen LogP contribution in [-0.4, -0.2) is 14.5 Å². The first kappa shape index (κ1) is 17.0. The average Bonchev–Trinajstić information content (AvgIpc) is 2.66. The van der Waals surface area contributed by atoms with Crippen molar-refractivity contribution in [3.63, 3.8) is 0 Å². The van der Waals surface area contributed by atoms with Gasteiger partial charge in [0.15, 0.2) is 0 Å². The van der Waals surface area contributed by atoms with E-state index in [0.717, 1.165) is 38.5 Å². The van der Waals surface area contributed by atoms with E-state index in [4.69, 9.17) is 28.9 Å². The van der Waals surface area contributed by atoms with Crippen molar-refractivity contribution in [2.75, 3.05) is 0 Å². The van der Waals surface area contributed by atoms with Crippen LogP contribution in [0.1, 0.15) is 44.1 Å². The number of rotatable bonds is 4. The van der Waals surface area contributed by atoms with E-state index >= 15 is 0 Å². The molecule has 0 aliphatic heterocycles. The summed E-state index contributed by atoms with van der Waals surface area (Å²) >= 11 is 12.0. The topological polar surface area (TPSA) is 72.2 Å². The normalized spacial score (nSPS) is 17.7. The summed E-state index contributed by atoms with van der Waals surface area (Å²) in [6.45, 7) is 0.169. The molecule has 0 saturated heterocycles. The van der Waals surface area contributed by atoms with Crippen molar-refractivity contribution in [3.05, 3.63) is 27.7 Å². The van der Waals surface area contributed by atoms with Crippen LogP contribution < -0.4 is 10.5 Å². The fraction of sp³-hybridized carbons (Fsp3) is 0.571. The Labute approximate surface area is 136 Å². The van der Waals surface area contributed by atoms with Gasteiger partial charge in [0.05, 0.1) is 5.02 Å². The van der Waals surface area contributed by atoms with Gasteiger partial charge in [-0.15, -0.1) is 0 Å². The van der Waals surface area contributed by atoms with E-state index in [2.05, 4.69) is 4.72 Å². The summed E-state index contributed by atoms with van der Waals surface area (Å²) in [7, 11) is -3.65. The molecule has 1 aromatic rings. The molecule has 0 radical (unpaired) electrons. The molecule has 1 fully saturated rings. The fourth-order valence-corrected chi connectivity index (χ4v) is 4.79. The first-order chi connectivity index (χ1) is 9.94. The molecule has 4 nitrogen and oxygen atoms in total. The lowest BCUT2D eigenvalue weighted by molar-refractivity contribution is 0.510. The van der Waals surface area contributed by atoms with Crippen molar-refractivity contribution in [3.8, 4) is 0 Å². The average molecular weight is 351 g/mol. The molecular weight excluding hydrogens is 331 g/mol. The first-order valence-corrected chi connectivity index (χ1v) is 9.38. The molecule has 3 N–H and O–H groups in total. The lowest BCUT2D eigenvalue weighted by atomic mass is 10.1. The van der Waals surface area contributed by atoms with Gasteiger partial charge in [0.1, 0.15) is 4.90 Å². The third-order valence-corrected chi connectivity index (χ3v) is 6.12. The van der Waals surface area contributed by atoms with E-state index in [1.54, 1.807) is 0 Å². The molecule has 118 valence electrons. The second kappa shape index (κ2) is 7.29. The van der Waals surface area contributed by atoms with Gasteiger partial charge in [0, 0.05) is 17.6 Å².